The van der Waals surface area contributed by atoms with E-state index >= 15 is 0 Å². The van der Waals surface area contributed by atoms with E-state index in [4.69, 9.17) is 9.47 Å². The van der Waals surface area contributed by atoms with Gasteiger partial charge in [0.25, 0.3) is 5.91 Å². The van der Waals surface area contributed by atoms with E-state index in [1.807, 2.05) is 0 Å². The fourth-order valence-corrected chi connectivity index (χ4v) is 2.31. The molecule has 2 aromatic carbocycles. The molecule has 1 amide bonds. The highest BCUT2D eigenvalue weighted by Gasteiger charge is 2.30. The highest BCUT2D eigenvalue weighted by Crippen LogP contribution is 2.29. The summed E-state index contributed by atoms with van der Waals surface area (Å²) in [5.74, 6) is -0.709. The van der Waals surface area contributed by atoms with Crippen LogP contribution in [0, 0.1) is 6.92 Å². The molecule has 2 aromatic rings. The van der Waals surface area contributed by atoms with E-state index in [0.717, 1.165) is 12.1 Å². The number of hydrogen-bond donors (Lipinski definition) is 1. The molecule has 0 atom stereocenters. The average molecular weight is 381 g/mol. The smallest absolute Gasteiger partial charge is 0.416 e. The van der Waals surface area contributed by atoms with Crippen molar-refractivity contribution in [2.45, 2.75) is 19.6 Å². The van der Waals surface area contributed by atoms with Gasteiger partial charge in [-0.05, 0) is 48.4 Å². The number of carbonyl (C=O) groups is 2. The molecule has 0 bridgehead atoms. The largest absolute Gasteiger partial charge is 0.497 e. The summed E-state index contributed by atoms with van der Waals surface area (Å²) < 4.78 is 48.0. The van der Waals surface area contributed by atoms with Gasteiger partial charge >= 0.3 is 12.1 Å². The zero-order valence-corrected chi connectivity index (χ0v) is 14.7. The van der Waals surface area contributed by atoms with Crippen molar-refractivity contribution in [3.63, 3.8) is 0 Å². The van der Waals surface area contributed by atoms with Crippen LogP contribution < -0.4 is 10.1 Å². The van der Waals surface area contributed by atoms with Crippen LogP contribution in [-0.2, 0) is 22.3 Å². The molecule has 0 aliphatic carbocycles. The molecule has 2 rings (SSSR count). The van der Waals surface area contributed by atoms with Crippen LogP contribution in [0.4, 0.5) is 13.2 Å². The molecule has 0 unspecified atom stereocenters. The summed E-state index contributed by atoms with van der Waals surface area (Å²) in [6.45, 7) is 1.05. The molecular weight excluding hydrogens is 363 g/mol. The second kappa shape index (κ2) is 8.57. The molecule has 0 radical (unpaired) electrons. The number of hydrogen-bond acceptors (Lipinski definition) is 4. The van der Waals surface area contributed by atoms with Gasteiger partial charge in [-0.1, -0.05) is 12.1 Å². The first kappa shape index (κ1) is 20.3. The lowest BCUT2D eigenvalue weighted by atomic mass is 10.1. The lowest BCUT2D eigenvalue weighted by Gasteiger charge is -2.10. The van der Waals surface area contributed by atoms with Crippen LogP contribution in [0.2, 0.25) is 0 Å². The van der Waals surface area contributed by atoms with Gasteiger partial charge in [-0.2, -0.15) is 13.2 Å². The third-order valence-electron chi connectivity index (χ3n) is 3.73. The second-order valence-corrected chi connectivity index (χ2v) is 5.73. The van der Waals surface area contributed by atoms with Crippen molar-refractivity contribution in [1.82, 2.24) is 5.32 Å². The highest BCUT2D eigenvalue weighted by molar-refractivity contribution is 5.92. The Kier molecular flexibility index (Phi) is 6.44. The molecule has 0 heterocycles. The number of alkyl halides is 3. The predicted octanol–water partition coefficient (Wildman–Crippen LogP) is 3.50. The zero-order chi connectivity index (χ0) is 20.0. The molecule has 0 aliphatic heterocycles. The Morgan fingerprint density at radius 2 is 1.85 bits per heavy atom. The van der Waals surface area contributed by atoms with Gasteiger partial charge in [0.1, 0.15) is 5.75 Å². The summed E-state index contributed by atoms with van der Waals surface area (Å²) in [6, 6.07) is 9.40. The maximum atomic E-state index is 12.7. The summed E-state index contributed by atoms with van der Waals surface area (Å²) in [4.78, 5) is 23.8. The van der Waals surface area contributed by atoms with Gasteiger partial charge in [-0.15, -0.1) is 0 Å². The minimum absolute atomic E-state index is 0.109. The average Bonchev–Trinajstić information content (AvgIpc) is 2.63. The van der Waals surface area contributed by atoms with Crippen molar-refractivity contribution in [2.24, 2.45) is 0 Å². The molecule has 27 heavy (non-hydrogen) atoms. The highest BCUT2D eigenvalue weighted by atomic mass is 19.4. The summed E-state index contributed by atoms with van der Waals surface area (Å²) in [5.41, 5.74) is 0.413. The van der Waals surface area contributed by atoms with Gasteiger partial charge in [0, 0.05) is 6.54 Å². The van der Waals surface area contributed by atoms with Crippen LogP contribution in [0.15, 0.2) is 42.5 Å². The number of nitrogens with one attached hydrogen (secondary N) is 1. The third-order valence-corrected chi connectivity index (χ3v) is 3.73. The molecule has 8 heteroatoms. The Morgan fingerprint density at radius 3 is 2.48 bits per heavy atom. The zero-order valence-electron chi connectivity index (χ0n) is 14.7. The first-order valence-electron chi connectivity index (χ1n) is 7.95. The van der Waals surface area contributed by atoms with Crippen LogP contribution in [0.1, 0.15) is 27.0 Å². The lowest BCUT2D eigenvalue weighted by molar-refractivity contribution is -0.137. The van der Waals surface area contributed by atoms with Gasteiger partial charge in [0.05, 0.1) is 18.2 Å². The molecular formula is C19H18F3NO4. The van der Waals surface area contributed by atoms with Gasteiger partial charge in [-0.25, -0.2) is 4.79 Å². The molecule has 0 aliphatic rings. The maximum absolute atomic E-state index is 12.7. The summed E-state index contributed by atoms with van der Waals surface area (Å²) in [7, 11) is 1.50. The summed E-state index contributed by atoms with van der Waals surface area (Å²) >= 11 is 0. The van der Waals surface area contributed by atoms with E-state index in [1.54, 1.807) is 19.1 Å². The lowest BCUT2D eigenvalue weighted by Crippen LogP contribution is -2.28. The quantitative estimate of drug-likeness (QED) is 0.778. The third kappa shape index (κ3) is 5.73. The predicted molar refractivity (Wildman–Crippen MR) is 91.3 cm³/mol. The minimum Gasteiger partial charge on any atom is -0.497 e. The Labute approximate surface area is 154 Å². The number of amides is 1. The number of rotatable bonds is 6. The summed E-state index contributed by atoms with van der Waals surface area (Å²) in [5, 5.41) is 2.41. The van der Waals surface area contributed by atoms with Crippen molar-refractivity contribution in [1.29, 1.82) is 0 Å². The number of aryl methyl sites for hydroxylation is 1. The Hall–Kier alpha value is -3.03. The van der Waals surface area contributed by atoms with Crippen molar-refractivity contribution in [2.75, 3.05) is 13.7 Å². The topological polar surface area (TPSA) is 64.6 Å². The monoisotopic (exact) mass is 381 g/mol. The Morgan fingerprint density at radius 1 is 1.11 bits per heavy atom. The number of carbonyl (C=O) groups excluding carboxylic acids is 2. The second-order valence-electron chi connectivity index (χ2n) is 5.73. The van der Waals surface area contributed by atoms with Crippen LogP contribution >= 0.6 is 0 Å². The van der Waals surface area contributed by atoms with Gasteiger partial charge in [0.15, 0.2) is 6.61 Å². The number of esters is 1. The molecule has 5 nitrogen and oxygen atoms in total. The standard InChI is InChI=1S/C19H18F3NO4/c1-12-8-15(26-2)6-7-16(12)18(25)27-11-17(24)23-10-13-4-3-5-14(9-13)19(20,21)22/h3-9H,10-11H2,1-2H3,(H,23,24). The number of benzene rings is 2. The fraction of sp³-hybridized carbons (Fsp3) is 0.263. The van der Waals surface area contributed by atoms with Crippen molar-refractivity contribution in [3.05, 3.63) is 64.7 Å². The van der Waals surface area contributed by atoms with Crippen molar-refractivity contribution < 1.29 is 32.2 Å². The number of ether oxygens (including phenoxy) is 2. The van der Waals surface area contributed by atoms with E-state index in [2.05, 4.69) is 5.32 Å². The maximum Gasteiger partial charge on any atom is 0.416 e. The number of halogens is 3. The van der Waals surface area contributed by atoms with Crippen molar-refractivity contribution in [3.8, 4) is 5.75 Å². The van der Waals surface area contributed by atoms with Crippen LogP contribution in [0.5, 0.6) is 5.75 Å². The minimum atomic E-state index is -4.45. The van der Waals surface area contributed by atoms with E-state index in [9.17, 15) is 22.8 Å². The first-order valence-corrected chi connectivity index (χ1v) is 7.95. The van der Waals surface area contributed by atoms with Gasteiger partial charge in [-0.3, -0.25) is 4.79 Å². The molecule has 1 N–H and O–H groups in total. The molecule has 144 valence electrons. The van der Waals surface area contributed by atoms with Gasteiger partial charge in [0.2, 0.25) is 0 Å². The Bertz CT molecular complexity index is 834. The molecule has 0 saturated heterocycles. The first-order chi connectivity index (χ1) is 12.7. The van der Waals surface area contributed by atoms with Crippen LogP contribution in [0.25, 0.3) is 0 Å². The molecule has 0 fully saturated rings. The van der Waals surface area contributed by atoms with Crippen LogP contribution in [-0.4, -0.2) is 25.6 Å². The normalized spacial score (nSPS) is 11.0. The van der Waals surface area contributed by atoms with Crippen molar-refractivity contribution >= 4 is 11.9 Å². The molecule has 0 spiro atoms. The number of methoxy groups -OCH3 is 1. The molecule has 0 saturated carbocycles. The van der Waals surface area contributed by atoms with E-state index in [0.29, 0.717) is 16.9 Å². The van der Waals surface area contributed by atoms with E-state index < -0.39 is 30.2 Å². The molecule has 0 aromatic heterocycles. The van der Waals surface area contributed by atoms with E-state index in [-0.39, 0.29) is 12.1 Å². The van der Waals surface area contributed by atoms with E-state index in [1.165, 1.54) is 25.3 Å². The SMILES string of the molecule is COc1ccc(C(=O)OCC(=O)NCc2cccc(C(F)(F)F)c2)c(C)c1. The van der Waals surface area contributed by atoms with Crippen LogP contribution in [0.3, 0.4) is 0 Å². The Balaban J connectivity index is 1.87. The van der Waals surface area contributed by atoms with Gasteiger partial charge < -0.3 is 14.8 Å². The summed E-state index contributed by atoms with van der Waals surface area (Å²) in [6.07, 6.45) is -4.45. The fourth-order valence-electron chi connectivity index (χ4n) is 2.31.